The van der Waals surface area contributed by atoms with E-state index in [9.17, 15) is 18.0 Å². The van der Waals surface area contributed by atoms with Crippen LogP contribution >= 0.6 is 23.2 Å². The fraction of sp³-hybridized carbons (Fsp3) is 0.235. The van der Waals surface area contributed by atoms with Crippen LogP contribution < -0.4 is 9.62 Å². The highest BCUT2D eigenvalue weighted by Crippen LogP contribution is 2.31. The lowest BCUT2D eigenvalue weighted by Crippen LogP contribution is -2.54. The molecule has 7 nitrogen and oxygen atoms in total. The SMILES string of the molecule is Cc1ccc(S(=O)(=O)N(CC(=O)N(Cc2cccc(Cl)c2)C(Cc2ccccc2)C(=O)NC(C)C)c2ccccc2Cl)cc1. The molecule has 0 aliphatic rings. The van der Waals surface area contributed by atoms with Gasteiger partial charge in [0.25, 0.3) is 10.0 Å². The third-order valence-electron chi connectivity index (χ3n) is 6.95. The molecule has 4 rings (SSSR count). The van der Waals surface area contributed by atoms with Gasteiger partial charge in [-0.3, -0.25) is 13.9 Å². The molecule has 0 aromatic heterocycles. The van der Waals surface area contributed by atoms with E-state index in [0.29, 0.717) is 10.6 Å². The van der Waals surface area contributed by atoms with E-state index >= 15 is 0 Å². The van der Waals surface area contributed by atoms with Crippen molar-refractivity contribution < 1.29 is 18.0 Å². The van der Waals surface area contributed by atoms with Crippen molar-refractivity contribution in [2.24, 2.45) is 0 Å². The third-order valence-corrected chi connectivity index (χ3v) is 9.28. The molecule has 0 saturated heterocycles. The Bertz CT molecular complexity index is 1700. The lowest BCUT2D eigenvalue weighted by atomic mass is 10.0. The first-order chi connectivity index (χ1) is 21.0. The van der Waals surface area contributed by atoms with Gasteiger partial charge in [0.1, 0.15) is 12.6 Å². The van der Waals surface area contributed by atoms with Crippen LogP contribution in [0.25, 0.3) is 0 Å². The first-order valence-electron chi connectivity index (χ1n) is 14.2. The van der Waals surface area contributed by atoms with Gasteiger partial charge in [-0.25, -0.2) is 8.42 Å². The number of sulfonamides is 1. The first kappa shape index (κ1) is 33.1. The number of halogens is 2. The molecule has 1 N–H and O–H groups in total. The molecule has 10 heteroatoms. The van der Waals surface area contributed by atoms with Crippen molar-refractivity contribution in [3.63, 3.8) is 0 Å². The van der Waals surface area contributed by atoms with Crippen LogP contribution in [-0.4, -0.2) is 43.8 Å². The molecular weight excluding hydrogens is 617 g/mol. The normalized spacial score (nSPS) is 12.0. The summed E-state index contributed by atoms with van der Waals surface area (Å²) in [4.78, 5) is 29.6. The minimum atomic E-state index is -4.25. The Morgan fingerprint density at radius 1 is 0.818 bits per heavy atom. The summed E-state index contributed by atoms with van der Waals surface area (Å²) in [5, 5.41) is 3.57. The smallest absolute Gasteiger partial charge is 0.264 e. The van der Waals surface area contributed by atoms with E-state index < -0.39 is 28.5 Å². The maximum atomic E-state index is 14.4. The maximum absolute atomic E-state index is 14.4. The molecule has 0 heterocycles. The number of rotatable bonds is 12. The van der Waals surface area contributed by atoms with Crippen molar-refractivity contribution in [3.05, 3.63) is 130 Å². The molecule has 1 atom stereocenters. The molecule has 0 aliphatic heterocycles. The zero-order valence-corrected chi connectivity index (χ0v) is 27.1. The van der Waals surface area contributed by atoms with Gasteiger partial charge in [-0.15, -0.1) is 0 Å². The molecule has 0 saturated carbocycles. The van der Waals surface area contributed by atoms with Gasteiger partial charge >= 0.3 is 0 Å². The van der Waals surface area contributed by atoms with E-state index in [0.717, 1.165) is 15.4 Å². The molecule has 4 aromatic carbocycles. The van der Waals surface area contributed by atoms with Crippen molar-refractivity contribution >= 4 is 50.7 Å². The molecule has 0 aliphatic carbocycles. The summed E-state index contributed by atoms with van der Waals surface area (Å²) in [5.74, 6) is -0.940. The second-order valence-corrected chi connectivity index (χ2v) is 13.5. The number of para-hydroxylation sites is 1. The van der Waals surface area contributed by atoms with Crippen molar-refractivity contribution in [3.8, 4) is 0 Å². The lowest BCUT2D eigenvalue weighted by Gasteiger charge is -2.34. The fourth-order valence-corrected chi connectivity index (χ4v) is 6.71. The van der Waals surface area contributed by atoms with Crippen LogP contribution in [0.15, 0.2) is 108 Å². The number of anilines is 1. The van der Waals surface area contributed by atoms with E-state index in [-0.39, 0.29) is 40.5 Å². The van der Waals surface area contributed by atoms with E-state index in [2.05, 4.69) is 5.32 Å². The number of aryl methyl sites for hydroxylation is 1. The van der Waals surface area contributed by atoms with Crippen LogP contribution in [0, 0.1) is 6.92 Å². The van der Waals surface area contributed by atoms with Crippen LogP contribution in [0.1, 0.15) is 30.5 Å². The van der Waals surface area contributed by atoms with Crippen LogP contribution in [0.5, 0.6) is 0 Å². The summed E-state index contributed by atoms with van der Waals surface area (Å²) in [6, 6.07) is 28.1. The predicted molar refractivity (Wildman–Crippen MR) is 176 cm³/mol. The van der Waals surface area contributed by atoms with Gasteiger partial charge in [-0.05, 0) is 68.3 Å². The van der Waals surface area contributed by atoms with E-state index in [1.54, 1.807) is 60.7 Å². The second kappa shape index (κ2) is 14.8. The van der Waals surface area contributed by atoms with Gasteiger partial charge < -0.3 is 10.2 Å². The fourth-order valence-electron chi connectivity index (χ4n) is 4.77. The van der Waals surface area contributed by atoms with Crippen molar-refractivity contribution in [1.29, 1.82) is 0 Å². The van der Waals surface area contributed by atoms with Gasteiger partial charge in [0.05, 0.1) is 15.6 Å². The molecule has 0 fully saturated rings. The topological polar surface area (TPSA) is 86.8 Å². The summed E-state index contributed by atoms with van der Waals surface area (Å²) in [6.07, 6.45) is 0.211. The lowest BCUT2D eigenvalue weighted by molar-refractivity contribution is -0.140. The molecule has 1 unspecified atom stereocenters. The quantitative estimate of drug-likeness (QED) is 0.186. The molecule has 44 heavy (non-hydrogen) atoms. The summed E-state index contributed by atoms with van der Waals surface area (Å²) in [5.41, 5.74) is 2.57. The zero-order valence-electron chi connectivity index (χ0n) is 24.8. The molecule has 0 bridgehead atoms. The molecule has 0 spiro atoms. The average molecular weight is 653 g/mol. The van der Waals surface area contributed by atoms with Gasteiger partial charge in [0.15, 0.2) is 0 Å². The van der Waals surface area contributed by atoms with Crippen LogP contribution in [0.3, 0.4) is 0 Å². The highest BCUT2D eigenvalue weighted by atomic mass is 35.5. The Balaban J connectivity index is 1.82. The van der Waals surface area contributed by atoms with Gasteiger partial charge in [-0.2, -0.15) is 0 Å². The predicted octanol–water partition coefficient (Wildman–Crippen LogP) is 6.66. The van der Waals surface area contributed by atoms with Crippen LogP contribution in [0.2, 0.25) is 10.0 Å². The Labute approximate surface area is 269 Å². The number of carbonyl (C=O) groups is 2. The number of hydrogen-bond acceptors (Lipinski definition) is 4. The maximum Gasteiger partial charge on any atom is 0.264 e. The first-order valence-corrected chi connectivity index (χ1v) is 16.4. The number of benzene rings is 4. The number of carbonyl (C=O) groups excluding carboxylic acids is 2. The monoisotopic (exact) mass is 651 g/mol. The minimum Gasteiger partial charge on any atom is -0.352 e. The third kappa shape index (κ3) is 8.40. The molecule has 230 valence electrons. The highest BCUT2D eigenvalue weighted by Gasteiger charge is 2.35. The molecule has 2 amide bonds. The Kier molecular flexibility index (Phi) is 11.1. The summed E-state index contributed by atoms with van der Waals surface area (Å²) >= 11 is 12.8. The summed E-state index contributed by atoms with van der Waals surface area (Å²) in [7, 11) is -4.25. The molecule has 0 radical (unpaired) electrons. The van der Waals surface area contributed by atoms with Gasteiger partial charge in [0, 0.05) is 24.0 Å². The Morgan fingerprint density at radius 2 is 1.45 bits per heavy atom. The van der Waals surface area contributed by atoms with Crippen molar-refractivity contribution in [2.75, 3.05) is 10.8 Å². The average Bonchev–Trinajstić information content (AvgIpc) is 2.98. The van der Waals surface area contributed by atoms with Crippen molar-refractivity contribution in [1.82, 2.24) is 10.2 Å². The Hall–Kier alpha value is -3.85. The highest BCUT2D eigenvalue weighted by molar-refractivity contribution is 7.92. The number of nitrogens with zero attached hydrogens (tertiary/aromatic N) is 2. The van der Waals surface area contributed by atoms with Crippen LogP contribution in [-0.2, 0) is 32.6 Å². The second-order valence-electron chi connectivity index (χ2n) is 10.8. The summed E-state index contributed by atoms with van der Waals surface area (Å²) < 4.78 is 29.2. The van der Waals surface area contributed by atoms with E-state index in [1.165, 1.54) is 17.0 Å². The standard InChI is InChI=1S/C34H35Cl2N3O4S/c1-24(2)37-34(41)32(21-26-10-5-4-6-11-26)38(22-27-12-9-13-28(35)20-27)33(40)23-39(31-15-8-7-14-30(31)36)44(42,43)29-18-16-25(3)17-19-29/h4-20,24,32H,21-23H2,1-3H3,(H,37,41). The largest absolute Gasteiger partial charge is 0.352 e. The zero-order chi connectivity index (χ0) is 31.9. The number of nitrogens with one attached hydrogen (secondary N) is 1. The van der Waals surface area contributed by atoms with Gasteiger partial charge in [0.2, 0.25) is 11.8 Å². The Morgan fingerprint density at radius 3 is 2.09 bits per heavy atom. The van der Waals surface area contributed by atoms with Crippen LogP contribution in [0.4, 0.5) is 5.69 Å². The van der Waals surface area contributed by atoms with Gasteiger partial charge in [-0.1, -0.05) is 95.5 Å². The minimum absolute atomic E-state index is 0.00981. The summed E-state index contributed by atoms with van der Waals surface area (Å²) in [6.45, 7) is 4.96. The van der Waals surface area contributed by atoms with E-state index in [4.69, 9.17) is 23.2 Å². The molecular formula is C34H35Cl2N3O4S. The van der Waals surface area contributed by atoms with E-state index in [1.807, 2.05) is 51.1 Å². The van der Waals surface area contributed by atoms with Crippen molar-refractivity contribution in [2.45, 2.75) is 50.7 Å². The number of hydrogen-bond donors (Lipinski definition) is 1. The number of amides is 2. The molecule has 4 aromatic rings.